The Labute approximate surface area is 178 Å². The van der Waals surface area contributed by atoms with Gasteiger partial charge in [-0.2, -0.15) is 0 Å². The predicted molar refractivity (Wildman–Crippen MR) is 115 cm³/mol. The number of anilines is 1. The molecule has 1 saturated heterocycles. The third-order valence-electron chi connectivity index (χ3n) is 5.09. The lowest BCUT2D eigenvalue weighted by atomic mass is 10.1. The molecule has 0 aliphatic carbocycles. The molecule has 2 aromatic carbocycles. The molecular weight excluding hydrogens is 404 g/mol. The fraction of sp³-hybridized carbons (Fsp3) is 0.409. The van der Waals surface area contributed by atoms with Crippen molar-refractivity contribution in [1.82, 2.24) is 4.90 Å². The van der Waals surface area contributed by atoms with Crippen LogP contribution < -0.4 is 9.46 Å². The number of hydrogen-bond donors (Lipinski definition) is 1. The van der Waals surface area contributed by atoms with Gasteiger partial charge < -0.3 is 14.4 Å². The maximum Gasteiger partial charge on any atom is 0.263 e. The molecule has 0 aromatic heterocycles. The first-order valence-electron chi connectivity index (χ1n) is 10.1. The van der Waals surface area contributed by atoms with Crippen LogP contribution in [-0.2, 0) is 26.0 Å². The van der Waals surface area contributed by atoms with E-state index in [-0.39, 0.29) is 10.8 Å². The minimum atomic E-state index is -3.74. The molecule has 0 bridgehead atoms. The standard InChI is InChI=1S/C22H28N2O5S/c1-4-18-7-5-6-16(2)21(18)23-30(26,27)20-10-8-19(9-11-20)29-17(3)22(25)24-12-14-28-15-13-24/h5-11,17,23H,4,12-15H2,1-3H3/t17-/m0/s1. The van der Waals surface area contributed by atoms with Gasteiger partial charge in [0.15, 0.2) is 6.10 Å². The average molecular weight is 433 g/mol. The monoisotopic (exact) mass is 432 g/mol. The summed E-state index contributed by atoms with van der Waals surface area (Å²) in [6.45, 7) is 7.70. The van der Waals surface area contributed by atoms with Gasteiger partial charge in [0, 0.05) is 13.1 Å². The fourth-order valence-electron chi connectivity index (χ4n) is 3.36. The molecular formula is C22H28N2O5S. The number of hydrogen-bond acceptors (Lipinski definition) is 5. The highest BCUT2D eigenvalue weighted by Crippen LogP contribution is 2.25. The number of rotatable bonds is 7. The quantitative estimate of drug-likeness (QED) is 0.727. The van der Waals surface area contributed by atoms with Crippen molar-refractivity contribution in [3.63, 3.8) is 0 Å². The SMILES string of the molecule is CCc1cccc(C)c1NS(=O)(=O)c1ccc(O[C@@H](C)C(=O)N2CCOCC2)cc1. The third-order valence-corrected chi connectivity index (χ3v) is 6.46. The highest BCUT2D eigenvalue weighted by molar-refractivity contribution is 7.92. The summed E-state index contributed by atoms with van der Waals surface area (Å²) in [5.41, 5.74) is 2.42. The van der Waals surface area contributed by atoms with Crippen LogP contribution in [0.3, 0.4) is 0 Å². The molecule has 0 saturated carbocycles. The summed E-state index contributed by atoms with van der Waals surface area (Å²) >= 11 is 0. The van der Waals surface area contributed by atoms with Gasteiger partial charge in [-0.05, 0) is 55.7 Å². The minimum Gasteiger partial charge on any atom is -0.481 e. The predicted octanol–water partition coefficient (Wildman–Crippen LogP) is 2.98. The summed E-state index contributed by atoms with van der Waals surface area (Å²) in [7, 11) is -3.74. The lowest BCUT2D eigenvalue weighted by Crippen LogP contribution is -2.46. The number of para-hydroxylation sites is 1. The number of nitrogens with zero attached hydrogens (tertiary/aromatic N) is 1. The van der Waals surface area contributed by atoms with Crippen LogP contribution >= 0.6 is 0 Å². The molecule has 1 N–H and O–H groups in total. The molecule has 162 valence electrons. The number of carbonyl (C=O) groups excluding carboxylic acids is 1. The molecule has 8 heteroatoms. The van der Waals surface area contributed by atoms with Crippen LogP contribution in [0.25, 0.3) is 0 Å². The Morgan fingerprint density at radius 3 is 2.47 bits per heavy atom. The van der Waals surface area contributed by atoms with Gasteiger partial charge in [-0.3, -0.25) is 9.52 Å². The number of sulfonamides is 1. The van der Waals surface area contributed by atoms with Crippen molar-refractivity contribution in [2.75, 3.05) is 31.0 Å². The highest BCUT2D eigenvalue weighted by Gasteiger charge is 2.24. The van der Waals surface area contributed by atoms with Crippen LogP contribution in [-0.4, -0.2) is 51.6 Å². The van der Waals surface area contributed by atoms with Crippen molar-refractivity contribution in [2.24, 2.45) is 0 Å². The second-order valence-electron chi connectivity index (χ2n) is 7.24. The molecule has 0 spiro atoms. The van der Waals surface area contributed by atoms with Crippen LogP contribution in [0.1, 0.15) is 25.0 Å². The van der Waals surface area contributed by atoms with Crippen molar-refractivity contribution in [3.8, 4) is 5.75 Å². The lowest BCUT2D eigenvalue weighted by molar-refractivity contribution is -0.142. The van der Waals surface area contributed by atoms with Gasteiger partial charge >= 0.3 is 0 Å². The first-order chi connectivity index (χ1) is 14.3. The van der Waals surface area contributed by atoms with E-state index in [4.69, 9.17) is 9.47 Å². The van der Waals surface area contributed by atoms with E-state index in [0.29, 0.717) is 37.7 Å². The number of benzene rings is 2. The van der Waals surface area contributed by atoms with Gasteiger partial charge in [-0.1, -0.05) is 25.1 Å². The zero-order chi connectivity index (χ0) is 21.7. The summed E-state index contributed by atoms with van der Waals surface area (Å²) in [4.78, 5) is 14.3. The molecule has 30 heavy (non-hydrogen) atoms. The van der Waals surface area contributed by atoms with Crippen molar-refractivity contribution in [3.05, 3.63) is 53.6 Å². The zero-order valence-electron chi connectivity index (χ0n) is 17.6. The molecule has 1 fully saturated rings. The number of ether oxygens (including phenoxy) is 2. The van der Waals surface area contributed by atoms with Gasteiger partial charge in [0.05, 0.1) is 23.8 Å². The first-order valence-corrected chi connectivity index (χ1v) is 11.5. The van der Waals surface area contributed by atoms with Gasteiger partial charge in [0.1, 0.15) is 5.75 Å². The minimum absolute atomic E-state index is 0.108. The largest absolute Gasteiger partial charge is 0.481 e. The van der Waals surface area contributed by atoms with E-state index in [1.165, 1.54) is 12.1 Å². The number of amides is 1. The molecule has 1 heterocycles. The fourth-order valence-corrected chi connectivity index (χ4v) is 4.53. The summed E-state index contributed by atoms with van der Waals surface area (Å²) in [6, 6.07) is 11.8. The number of nitrogens with one attached hydrogen (secondary N) is 1. The summed E-state index contributed by atoms with van der Waals surface area (Å²) in [6.07, 6.45) is 0.0595. The average Bonchev–Trinajstić information content (AvgIpc) is 2.75. The van der Waals surface area contributed by atoms with E-state index in [1.807, 2.05) is 32.0 Å². The van der Waals surface area contributed by atoms with E-state index in [1.54, 1.807) is 24.0 Å². The molecule has 1 aliphatic rings. The summed E-state index contributed by atoms with van der Waals surface area (Å²) in [5.74, 6) is 0.330. The Hall–Kier alpha value is -2.58. The molecule has 3 rings (SSSR count). The Morgan fingerprint density at radius 2 is 1.83 bits per heavy atom. The zero-order valence-corrected chi connectivity index (χ0v) is 18.4. The second-order valence-corrected chi connectivity index (χ2v) is 8.92. The number of morpholine rings is 1. The Bertz CT molecular complexity index is 983. The van der Waals surface area contributed by atoms with Crippen LogP contribution in [0, 0.1) is 6.92 Å². The second kappa shape index (κ2) is 9.49. The van der Waals surface area contributed by atoms with E-state index in [2.05, 4.69) is 4.72 Å². The molecule has 0 radical (unpaired) electrons. The summed E-state index contributed by atoms with van der Waals surface area (Å²) in [5, 5.41) is 0. The van der Waals surface area contributed by atoms with Crippen molar-refractivity contribution >= 4 is 21.6 Å². The molecule has 2 aromatic rings. The van der Waals surface area contributed by atoms with E-state index >= 15 is 0 Å². The number of carbonyl (C=O) groups is 1. The van der Waals surface area contributed by atoms with Crippen molar-refractivity contribution < 1.29 is 22.7 Å². The van der Waals surface area contributed by atoms with Gasteiger partial charge in [-0.15, -0.1) is 0 Å². The van der Waals surface area contributed by atoms with Gasteiger partial charge in [-0.25, -0.2) is 8.42 Å². The Morgan fingerprint density at radius 1 is 1.17 bits per heavy atom. The molecule has 7 nitrogen and oxygen atoms in total. The van der Waals surface area contributed by atoms with E-state index in [0.717, 1.165) is 17.5 Å². The van der Waals surface area contributed by atoms with Crippen LogP contribution in [0.2, 0.25) is 0 Å². The lowest BCUT2D eigenvalue weighted by Gasteiger charge is -2.29. The number of aryl methyl sites for hydroxylation is 2. The van der Waals surface area contributed by atoms with Crippen LogP contribution in [0.15, 0.2) is 47.4 Å². The topological polar surface area (TPSA) is 84.9 Å². The maximum absolute atomic E-state index is 12.8. The third kappa shape index (κ3) is 5.12. The Balaban J connectivity index is 1.69. The van der Waals surface area contributed by atoms with Gasteiger partial charge in [0.2, 0.25) is 0 Å². The molecule has 0 unspecified atom stereocenters. The van der Waals surface area contributed by atoms with Crippen molar-refractivity contribution in [1.29, 1.82) is 0 Å². The van der Waals surface area contributed by atoms with E-state index < -0.39 is 16.1 Å². The Kier molecular flexibility index (Phi) is 6.99. The van der Waals surface area contributed by atoms with E-state index in [9.17, 15) is 13.2 Å². The maximum atomic E-state index is 12.8. The smallest absolute Gasteiger partial charge is 0.263 e. The van der Waals surface area contributed by atoms with Gasteiger partial charge in [0.25, 0.3) is 15.9 Å². The molecule has 1 amide bonds. The first kappa shape index (κ1) is 22.1. The molecule has 1 aliphatic heterocycles. The highest BCUT2D eigenvalue weighted by atomic mass is 32.2. The van der Waals surface area contributed by atoms with Crippen LogP contribution in [0.4, 0.5) is 5.69 Å². The molecule has 1 atom stereocenters. The van der Waals surface area contributed by atoms with Crippen molar-refractivity contribution in [2.45, 2.75) is 38.2 Å². The normalized spacial score (nSPS) is 15.5. The van der Waals surface area contributed by atoms with Crippen LogP contribution in [0.5, 0.6) is 5.75 Å². The summed E-state index contributed by atoms with van der Waals surface area (Å²) < 4.78 is 39.4.